The summed E-state index contributed by atoms with van der Waals surface area (Å²) in [6.45, 7) is 0. The molecule has 10 rings (SSSR count). The van der Waals surface area contributed by atoms with Gasteiger partial charge in [-0.05, 0) is 75.8 Å². The first-order chi connectivity index (χ1) is 24.8. The van der Waals surface area contributed by atoms with Crippen LogP contribution in [0.25, 0.3) is 88.4 Å². The summed E-state index contributed by atoms with van der Waals surface area (Å²) >= 11 is 0. The van der Waals surface area contributed by atoms with Gasteiger partial charge in [-0.3, -0.25) is 0 Å². The topological polar surface area (TPSA) is 9.86 Å². The minimum absolute atomic E-state index is 1.15. The van der Waals surface area contributed by atoms with E-state index in [9.17, 15) is 0 Å². The summed E-state index contributed by atoms with van der Waals surface area (Å²) in [6, 6.07) is 70.4. The lowest BCUT2D eigenvalue weighted by Gasteiger charge is -2.13. The monoisotopic (exact) mass is 636 g/mol. The Balaban J connectivity index is 1.32. The third kappa shape index (κ3) is 4.50. The van der Waals surface area contributed by atoms with Gasteiger partial charge in [-0.2, -0.15) is 0 Å². The summed E-state index contributed by atoms with van der Waals surface area (Å²) in [6.07, 6.45) is 0. The molecule has 0 atom stereocenters. The Labute approximate surface area is 290 Å². The molecule has 0 unspecified atom stereocenters. The van der Waals surface area contributed by atoms with E-state index in [0.29, 0.717) is 0 Å². The molecule has 2 heteroatoms. The van der Waals surface area contributed by atoms with E-state index in [-0.39, 0.29) is 0 Å². The highest BCUT2D eigenvalue weighted by molar-refractivity contribution is 6.26. The fourth-order valence-electron chi connectivity index (χ4n) is 7.82. The van der Waals surface area contributed by atoms with Crippen LogP contribution in [0.3, 0.4) is 0 Å². The Morgan fingerprint density at radius 3 is 1.38 bits per heavy atom. The van der Waals surface area contributed by atoms with Gasteiger partial charge in [0.05, 0.1) is 22.1 Å². The average molecular weight is 637 g/mol. The van der Waals surface area contributed by atoms with E-state index in [4.69, 9.17) is 0 Å². The van der Waals surface area contributed by atoms with E-state index < -0.39 is 0 Å². The highest BCUT2D eigenvalue weighted by atomic mass is 15.0. The van der Waals surface area contributed by atoms with Crippen molar-refractivity contribution in [2.75, 3.05) is 0 Å². The van der Waals surface area contributed by atoms with Crippen molar-refractivity contribution in [3.63, 3.8) is 0 Å². The summed E-state index contributed by atoms with van der Waals surface area (Å²) in [7, 11) is 0. The van der Waals surface area contributed by atoms with Gasteiger partial charge in [0.15, 0.2) is 0 Å². The SMILES string of the molecule is c1ccc(-c2cccc(-n3c4ccccc4c4c3ccc3c5ccc(-c6ccccc6)cc5n(-c5cccc(-c6ccccc6)c5)c34)c2)cc1. The first-order valence-electron chi connectivity index (χ1n) is 17.2. The maximum Gasteiger partial charge on any atom is 0.0641 e. The summed E-state index contributed by atoms with van der Waals surface area (Å²) in [5.74, 6) is 0. The highest BCUT2D eigenvalue weighted by Gasteiger charge is 2.21. The fraction of sp³-hybridized carbons (Fsp3) is 0. The van der Waals surface area contributed by atoms with Gasteiger partial charge >= 0.3 is 0 Å². The zero-order valence-electron chi connectivity index (χ0n) is 27.4. The molecule has 0 amide bonds. The van der Waals surface area contributed by atoms with E-state index >= 15 is 0 Å². The fourth-order valence-corrected chi connectivity index (χ4v) is 7.82. The molecule has 8 aromatic carbocycles. The number of para-hydroxylation sites is 1. The second-order valence-corrected chi connectivity index (χ2v) is 13.0. The molecule has 0 bridgehead atoms. The van der Waals surface area contributed by atoms with Gasteiger partial charge in [0.2, 0.25) is 0 Å². The molecule has 0 aliphatic rings. The minimum atomic E-state index is 1.15. The van der Waals surface area contributed by atoms with Crippen molar-refractivity contribution in [3.8, 4) is 44.8 Å². The van der Waals surface area contributed by atoms with Crippen molar-refractivity contribution >= 4 is 43.6 Å². The Kier molecular flexibility index (Phi) is 6.53. The van der Waals surface area contributed by atoms with Crippen LogP contribution in [0.15, 0.2) is 194 Å². The number of nitrogens with zero attached hydrogens (tertiary/aromatic N) is 2. The minimum Gasteiger partial charge on any atom is -0.309 e. The van der Waals surface area contributed by atoms with E-state index in [1.54, 1.807) is 0 Å². The molecule has 2 nitrogen and oxygen atoms in total. The number of aromatic nitrogens is 2. The second kappa shape index (κ2) is 11.5. The van der Waals surface area contributed by atoms with Crippen LogP contribution in [0, 0.1) is 0 Å². The third-order valence-electron chi connectivity index (χ3n) is 10.1. The van der Waals surface area contributed by atoms with Crippen LogP contribution in [0.5, 0.6) is 0 Å². The van der Waals surface area contributed by atoms with E-state index in [2.05, 4.69) is 203 Å². The number of hydrogen-bond donors (Lipinski definition) is 0. The molecular formula is C48H32N2. The number of rotatable bonds is 5. The molecule has 0 radical (unpaired) electrons. The van der Waals surface area contributed by atoms with Crippen molar-refractivity contribution in [3.05, 3.63) is 194 Å². The van der Waals surface area contributed by atoms with Crippen molar-refractivity contribution in [2.24, 2.45) is 0 Å². The predicted molar refractivity (Wildman–Crippen MR) is 211 cm³/mol. The van der Waals surface area contributed by atoms with E-state index in [1.807, 2.05) is 0 Å². The Morgan fingerprint density at radius 1 is 0.260 bits per heavy atom. The maximum absolute atomic E-state index is 2.50. The summed E-state index contributed by atoms with van der Waals surface area (Å²) in [4.78, 5) is 0. The third-order valence-corrected chi connectivity index (χ3v) is 10.1. The zero-order chi connectivity index (χ0) is 33.0. The smallest absolute Gasteiger partial charge is 0.0641 e. The lowest BCUT2D eigenvalue weighted by Crippen LogP contribution is -1.96. The molecular weight excluding hydrogens is 605 g/mol. The van der Waals surface area contributed by atoms with Crippen LogP contribution < -0.4 is 0 Å². The van der Waals surface area contributed by atoms with E-state index in [0.717, 1.165) is 11.4 Å². The highest BCUT2D eigenvalue weighted by Crippen LogP contribution is 2.43. The number of benzene rings is 8. The number of fused-ring (bicyclic) bond motifs is 7. The lowest BCUT2D eigenvalue weighted by molar-refractivity contribution is 1.17. The lowest BCUT2D eigenvalue weighted by atomic mass is 10.0. The quantitative estimate of drug-likeness (QED) is 0.178. The Morgan fingerprint density at radius 2 is 0.760 bits per heavy atom. The Bertz CT molecular complexity index is 2840. The van der Waals surface area contributed by atoms with Gasteiger partial charge in [0.1, 0.15) is 0 Å². The first kappa shape index (κ1) is 28.4. The van der Waals surface area contributed by atoms with Gasteiger partial charge in [-0.1, -0.05) is 152 Å². The average Bonchev–Trinajstić information content (AvgIpc) is 3.71. The maximum atomic E-state index is 2.50. The number of hydrogen-bond acceptors (Lipinski definition) is 0. The molecule has 0 N–H and O–H groups in total. The van der Waals surface area contributed by atoms with Gasteiger partial charge in [-0.25, -0.2) is 0 Å². The van der Waals surface area contributed by atoms with Crippen LogP contribution in [-0.2, 0) is 0 Å². The van der Waals surface area contributed by atoms with Crippen molar-refractivity contribution in [2.45, 2.75) is 0 Å². The molecule has 0 saturated heterocycles. The second-order valence-electron chi connectivity index (χ2n) is 13.0. The van der Waals surface area contributed by atoms with E-state index in [1.165, 1.54) is 77.0 Å². The van der Waals surface area contributed by atoms with Crippen LogP contribution in [-0.4, -0.2) is 9.13 Å². The molecule has 2 heterocycles. The van der Waals surface area contributed by atoms with Crippen LogP contribution in [0.1, 0.15) is 0 Å². The first-order valence-corrected chi connectivity index (χ1v) is 17.2. The Hall–Kier alpha value is -6.64. The molecule has 0 saturated carbocycles. The largest absolute Gasteiger partial charge is 0.309 e. The van der Waals surface area contributed by atoms with Crippen LogP contribution in [0.2, 0.25) is 0 Å². The van der Waals surface area contributed by atoms with Gasteiger partial charge in [-0.15, -0.1) is 0 Å². The summed E-state index contributed by atoms with van der Waals surface area (Å²) in [5, 5.41) is 4.99. The summed E-state index contributed by atoms with van der Waals surface area (Å²) in [5.41, 5.74) is 14.3. The molecule has 0 aliphatic heterocycles. The van der Waals surface area contributed by atoms with Gasteiger partial charge in [0.25, 0.3) is 0 Å². The van der Waals surface area contributed by atoms with Crippen LogP contribution in [0.4, 0.5) is 0 Å². The predicted octanol–water partition coefficient (Wildman–Crippen LogP) is 12.9. The van der Waals surface area contributed by atoms with Gasteiger partial charge in [0, 0.05) is 32.9 Å². The molecule has 2 aromatic heterocycles. The summed E-state index contributed by atoms with van der Waals surface area (Å²) < 4.78 is 4.94. The molecule has 0 fully saturated rings. The molecule has 0 spiro atoms. The standard InChI is InChI=1S/C48H32N2/c1-4-14-33(15-5-1)36-20-12-22-39(30-36)49-44-25-11-10-24-43(44)47-45(49)29-28-42-41-27-26-38(35-18-8-3-9-19-35)32-46(41)50(48(42)47)40-23-13-21-37(31-40)34-16-6-2-7-17-34/h1-32H. The van der Waals surface area contributed by atoms with Crippen molar-refractivity contribution < 1.29 is 0 Å². The molecule has 234 valence electrons. The zero-order valence-corrected chi connectivity index (χ0v) is 27.4. The molecule has 10 aromatic rings. The van der Waals surface area contributed by atoms with Gasteiger partial charge < -0.3 is 9.13 Å². The molecule has 0 aliphatic carbocycles. The normalized spacial score (nSPS) is 11.6. The van der Waals surface area contributed by atoms with Crippen LogP contribution >= 0.6 is 0 Å². The van der Waals surface area contributed by atoms with Crippen molar-refractivity contribution in [1.82, 2.24) is 9.13 Å². The molecule has 50 heavy (non-hydrogen) atoms. The van der Waals surface area contributed by atoms with Crippen molar-refractivity contribution in [1.29, 1.82) is 0 Å².